The van der Waals surface area contributed by atoms with Crippen LogP contribution in [0.5, 0.6) is 0 Å². The molecule has 1 rings (SSSR count). The number of carbonyl (C=O) groups excluding carboxylic acids is 1. The van der Waals surface area contributed by atoms with Gasteiger partial charge in [0, 0.05) is 6.08 Å². The summed E-state index contributed by atoms with van der Waals surface area (Å²) in [6.45, 7) is 7.75. The predicted octanol–water partition coefficient (Wildman–Crippen LogP) is -1.83. The molecule has 0 radical (unpaired) electrons. The van der Waals surface area contributed by atoms with Crippen LogP contribution in [0, 0.1) is 0 Å². The van der Waals surface area contributed by atoms with Crippen molar-refractivity contribution in [1.82, 2.24) is 0 Å². The molecule has 0 saturated heterocycles. The van der Waals surface area contributed by atoms with Gasteiger partial charge in [-0.1, -0.05) is 30.3 Å². The molecule has 0 atom stereocenters. The number of quaternary nitrogens is 1. The van der Waals surface area contributed by atoms with E-state index in [4.69, 9.17) is 4.74 Å². The third-order valence-corrected chi connectivity index (χ3v) is 2.91. The summed E-state index contributed by atoms with van der Waals surface area (Å²) in [4.78, 5) is 12.9. The molecule has 0 unspecified atom stereocenters. The van der Waals surface area contributed by atoms with E-state index in [1.54, 1.807) is 6.08 Å². The maximum atomic E-state index is 11.5. The predicted molar refractivity (Wildman–Crippen MR) is 73.3 cm³/mol. The molecule has 3 nitrogen and oxygen atoms in total. The Morgan fingerprint density at radius 2 is 1.84 bits per heavy atom. The van der Waals surface area contributed by atoms with E-state index in [0.29, 0.717) is 6.61 Å². The van der Waals surface area contributed by atoms with Crippen LogP contribution in [0.4, 0.5) is 0 Å². The van der Waals surface area contributed by atoms with Crippen LogP contribution in [0.1, 0.15) is 19.4 Å². The van der Waals surface area contributed by atoms with Crippen LogP contribution in [0.3, 0.4) is 0 Å². The number of hydrogen-bond acceptors (Lipinski definition) is 2. The van der Waals surface area contributed by atoms with Crippen molar-refractivity contribution in [2.45, 2.75) is 13.8 Å². The second-order valence-corrected chi connectivity index (χ2v) is 4.12. The molecule has 0 aliphatic carbocycles. The van der Waals surface area contributed by atoms with E-state index in [1.807, 2.05) is 30.3 Å². The Kier molecular flexibility index (Phi) is 9.85. The molecular formula is C15H22ClNO2. The quantitative estimate of drug-likeness (QED) is 0.472. The number of benzene rings is 1. The van der Waals surface area contributed by atoms with Gasteiger partial charge < -0.3 is 22.0 Å². The van der Waals surface area contributed by atoms with Crippen LogP contribution in [-0.2, 0) is 9.53 Å². The van der Waals surface area contributed by atoms with Crippen molar-refractivity contribution in [3.8, 4) is 0 Å². The first-order valence-electron chi connectivity index (χ1n) is 6.49. The Hall–Kier alpha value is -1.32. The monoisotopic (exact) mass is 283 g/mol. The number of esters is 1. The Morgan fingerprint density at radius 1 is 1.21 bits per heavy atom. The lowest BCUT2D eigenvalue weighted by atomic mass is 10.2. The maximum Gasteiger partial charge on any atom is 0.330 e. The Bertz CT molecular complexity index is 375. The van der Waals surface area contributed by atoms with Gasteiger partial charge in [-0.2, -0.15) is 0 Å². The fraction of sp³-hybridized carbons (Fsp3) is 0.400. The van der Waals surface area contributed by atoms with E-state index in [0.717, 1.165) is 25.2 Å². The van der Waals surface area contributed by atoms with Crippen molar-refractivity contribution in [3.05, 3.63) is 42.0 Å². The van der Waals surface area contributed by atoms with E-state index in [9.17, 15) is 4.79 Å². The van der Waals surface area contributed by atoms with Crippen LogP contribution in [0.25, 0.3) is 6.08 Å². The van der Waals surface area contributed by atoms with Crippen LogP contribution < -0.4 is 17.3 Å². The van der Waals surface area contributed by atoms with Gasteiger partial charge in [0.05, 0.1) is 13.1 Å². The molecular weight excluding hydrogens is 262 g/mol. The third kappa shape index (κ3) is 7.65. The molecule has 106 valence electrons. The summed E-state index contributed by atoms with van der Waals surface area (Å²) < 4.78 is 5.15. The van der Waals surface area contributed by atoms with Crippen molar-refractivity contribution in [1.29, 1.82) is 0 Å². The number of likely N-dealkylation sites (N-methyl/N-ethyl adjacent to an activating group) is 1. The Morgan fingerprint density at radius 3 is 2.42 bits per heavy atom. The third-order valence-electron chi connectivity index (χ3n) is 2.91. The van der Waals surface area contributed by atoms with E-state index in [-0.39, 0.29) is 18.4 Å². The summed E-state index contributed by atoms with van der Waals surface area (Å²) in [5.74, 6) is -0.273. The minimum atomic E-state index is -0.273. The molecule has 1 aromatic rings. The molecule has 0 fully saturated rings. The maximum absolute atomic E-state index is 11.5. The highest BCUT2D eigenvalue weighted by atomic mass is 35.5. The van der Waals surface area contributed by atoms with Crippen molar-refractivity contribution >= 4 is 12.0 Å². The first kappa shape index (κ1) is 17.7. The van der Waals surface area contributed by atoms with Crippen LogP contribution in [-0.4, -0.2) is 32.2 Å². The first-order chi connectivity index (χ1) is 8.76. The molecule has 4 heteroatoms. The molecule has 19 heavy (non-hydrogen) atoms. The average molecular weight is 284 g/mol. The van der Waals surface area contributed by atoms with Gasteiger partial charge in [0.25, 0.3) is 0 Å². The number of carbonyl (C=O) groups is 1. The fourth-order valence-corrected chi connectivity index (χ4v) is 1.68. The number of halogens is 1. The zero-order valence-electron chi connectivity index (χ0n) is 11.6. The summed E-state index contributed by atoms with van der Waals surface area (Å²) in [6, 6.07) is 9.72. The largest absolute Gasteiger partial charge is 1.00 e. The Balaban J connectivity index is 0.00000324. The summed E-state index contributed by atoms with van der Waals surface area (Å²) in [5.41, 5.74) is 1.00. The number of hydrogen-bond donors (Lipinski definition) is 1. The summed E-state index contributed by atoms with van der Waals surface area (Å²) in [5, 5.41) is 0. The highest BCUT2D eigenvalue weighted by Crippen LogP contribution is 2.00. The minimum Gasteiger partial charge on any atom is -1.00 e. The first-order valence-corrected chi connectivity index (χ1v) is 6.49. The van der Waals surface area contributed by atoms with Gasteiger partial charge >= 0.3 is 5.97 Å². The standard InChI is InChI=1S/C15H21NO2.ClH/c1-3-16(4-2)12-13-18-15(17)11-10-14-8-6-5-7-9-14;/h5-11H,3-4,12-13H2,1-2H3;1H/b11-10+;. The van der Waals surface area contributed by atoms with Gasteiger partial charge in [-0.05, 0) is 25.5 Å². The van der Waals surface area contributed by atoms with Crippen LogP contribution >= 0.6 is 0 Å². The number of rotatable bonds is 7. The summed E-state index contributed by atoms with van der Waals surface area (Å²) in [7, 11) is 0. The van der Waals surface area contributed by atoms with E-state index in [2.05, 4.69) is 13.8 Å². The van der Waals surface area contributed by atoms with Crippen LogP contribution in [0.2, 0.25) is 0 Å². The van der Waals surface area contributed by atoms with Crippen molar-refractivity contribution < 1.29 is 26.8 Å². The fourth-order valence-electron chi connectivity index (χ4n) is 1.68. The second-order valence-electron chi connectivity index (χ2n) is 4.12. The summed E-state index contributed by atoms with van der Waals surface area (Å²) in [6.07, 6.45) is 3.25. The molecule has 0 amide bonds. The van der Waals surface area contributed by atoms with E-state index in [1.165, 1.54) is 11.0 Å². The van der Waals surface area contributed by atoms with Gasteiger partial charge in [-0.25, -0.2) is 4.79 Å². The average Bonchev–Trinajstić information content (AvgIpc) is 2.42. The molecule has 0 heterocycles. The molecule has 0 saturated carbocycles. The second kappa shape index (κ2) is 10.6. The molecule has 1 N–H and O–H groups in total. The van der Waals surface area contributed by atoms with Crippen molar-refractivity contribution in [2.75, 3.05) is 26.2 Å². The molecule has 0 bridgehead atoms. The molecule has 0 aromatic heterocycles. The topological polar surface area (TPSA) is 30.7 Å². The summed E-state index contributed by atoms with van der Waals surface area (Å²) >= 11 is 0. The number of nitrogens with one attached hydrogen (secondary N) is 1. The van der Waals surface area contributed by atoms with Gasteiger partial charge in [-0.15, -0.1) is 0 Å². The highest BCUT2D eigenvalue weighted by Gasteiger charge is 2.03. The molecule has 0 aliphatic heterocycles. The lowest BCUT2D eigenvalue weighted by Crippen LogP contribution is -3.11. The normalized spacial score (nSPS) is 10.5. The van der Waals surface area contributed by atoms with Gasteiger partial charge in [0.15, 0.2) is 0 Å². The van der Waals surface area contributed by atoms with Gasteiger partial charge in [-0.3, -0.25) is 0 Å². The molecule has 1 aromatic carbocycles. The number of ether oxygens (including phenoxy) is 1. The SMILES string of the molecule is CC[NH+](CC)CCOC(=O)/C=C/c1ccccc1.[Cl-]. The molecule has 0 aliphatic rings. The van der Waals surface area contributed by atoms with Gasteiger partial charge in [0.1, 0.15) is 13.2 Å². The zero-order chi connectivity index (χ0) is 13.2. The van der Waals surface area contributed by atoms with E-state index >= 15 is 0 Å². The minimum absolute atomic E-state index is 0. The van der Waals surface area contributed by atoms with Crippen molar-refractivity contribution in [3.63, 3.8) is 0 Å². The molecule has 0 spiro atoms. The smallest absolute Gasteiger partial charge is 0.330 e. The lowest BCUT2D eigenvalue weighted by molar-refractivity contribution is -0.896. The van der Waals surface area contributed by atoms with E-state index < -0.39 is 0 Å². The lowest BCUT2D eigenvalue weighted by Gasteiger charge is -2.14. The Labute approximate surface area is 121 Å². The zero-order valence-corrected chi connectivity index (χ0v) is 12.3. The van der Waals surface area contributed by atoms with Crippen LogP contribution in [0.15, 0.2) is 36.4 Å². The highest BCUT2D eigenvalue weighted by molar-refractivity contribution is 5.86. The van der Waals surface area contributed by atoms with Gasteiger partial charge in [0.2, 0.25) is 0 Å². The van der Waals surface area contributed by atoms with Crippen molar-refractivity contribution in [2.24, 2.45) is 0 Å².